The Morgan fingerprint density at radius 3 is 2.62 bits per heavy atom. The molecule has 1 unspecified atom stereocenters. The van der Waals surface area contributed by atoms with Gasteiger partial charge in [0.25, 0.3) is 0 Å². The Kier molecular flexibility index (Phi) is 5.23. The van der Waals surface area contributed by atoms with Crippen molar-refractivity contribution in [2.45, 2.75) is 56.7 Å². The zero-order valence-electron chi connectivity index (χ0n) is 12.9. The normalized spacial score (nSPS) is 29.2. The molecule has 0 bridgehead atoms. The standard InChI is InChI=1S/C18H26N2S/c1-2-6-14-9-11-16(12-10-14)20-18-19-13-17(21-18)15-7-4-3-5-8-15/h3-5,7-8,14,16-17H,2,6,9-13H2,1H3,(H,19,20). The van der Waals surface area contributed by atoms with Crippen LogP contribution in [0.3, 0.4) is 0 Å². The van der Waals surface area contributed by atoms with Crippen LogP contribution in [0.2, 0.25) is 0 Å². The first kappa shape index (κ1) is 15.0. The molecule has 114 valence electrons. The van der Waals surface area contributed by atoms with Crippen LogP contribution < -0.4 is 5.32 Å². The van der Waals surface area contributed by atoms with Gasteiger partial charge in [0.05, 0.1) is 11.8 Å². The second kappa shape index (κ2) is 7.35. The highest BCUT2D eigenvalue weighted by Gasteiger charge is 2.25. The van der Waals surface area contributed by atoms with Crippen LogP contribution in [0, 0.1) is 5.92 Å². The Morgan fingerprint density at radius 2 is 1.90 bits per heavy atom. The summed E-state index contributed by atoms with van der Waals surface area (Å²) in [6, 6.07) is 11.4. The molecule has 1 atom stereocenters. The van der Waals surface area contributed by atoms with Crippen molar-refractivity contribution in [2.24, 2.45) is 10.9 Å². The van der Waals surface area contributed by atoms with Gasteiger partial charge in [-0.15, -0.1) is 0 Å². The molecule has 1 N–H and O–H groups in total. The van der Waals surface area contributed by atoms with Gasteiger partial charge in [0.1, 0.15) is 0 Å². The first-order chi connectivity index (χ1) is 10.3. The van der Waals surface area contributed by atoms with Crippen LogP contribution in [-0.2, 0) is 0 Å². The molecule has 1 saturated carbocycles. The molecule has 2 aliphatic rings. The number of nitrogens with one attached hydrogen (secondary N) is 1. The molecule has 1 aliphatic heterocycles. The van der Waals surface area contributed by atoms with E-state index in [4.69, 9.17) is 4.99 Å². The molecule has 1 heterocycles. The van der Waals surface area contributed by atoms with E-state index in [0.29, 0.717) is 11.3 Å². The summed E-state index contributed by atoms with van der Waals surface area (Å²) >= 11 is 1.91. The van der Waals surface area contributed by atoms with Crippen molar-refractivity contribution in [3.63, 3.8) is 0 Å². The minimum absolute atomic E-state index is 0.505. The topological polar surface area (TPSA) is 24.4 Å². The SMILES string of the molecule is CCCC1CCC(NC2=NCC(c3ccccc3)S2)CC1. The van der Waals surface area contributed by atoms with E-state index in [9.17, 15) is 0 Å². The van der Waals surface area contributed by atoms with Crippen LogP contribution in [0.4, 0.5) is 0 Å². The van der Waals surface area contributed by atoms with Gasteiger partial charge < -0.3 is 5.32 Å². The number of hydrogen-bond donors (Lipinski definition) is 1. The highest BCUT2D eigenvalue weighted by molar-refractivity contribution is 8.14. The number of hydrogen-bond acceptors (Lipinski definition) is 3. The molecule has 2 nitrogen and oxygen atoms in total. The summed E-state index contributed by atoms with van der Waals surface area (Å²) in [5.41, 5.74) is 1.40. The highest BCUT2D eigenvalue weighted by Crippen LogP contribution is 2.35. The van der Waals surface area contributed by atoms with Crippen molar-refractivity contribution in [2.75, 3.05) is 6.54 Å². The lowest BCUT2D eigenvalue weighted by Gasteiger charge is -2.29. The summed E-state index contributed by atoms with van der Waals surface area (Å²) in [6.07, 6.45) is 8.18. The van der Waals surface area contributed by atoms with Crippen LogP contribution in [0.5, 0.6) is 0 Å². The van der Waals surface area contributed by atoms with Crippen LogP contribution in [-0.4, -0.2) is 17.8 Å². The Hall–Kier alpha value is -0.960. The smallest absolute Gasteiger partial charge is 0.157 e. The fraction of sp³-hybridized carbons (Fsp3) is 0.611. The fourth-order valence-electron chi connectivity index (χ4n) is 3.47. The van der Waals surface area contributed by atoms with E-state index in [1.807, 2.05) is 11.8 Å². The lowest BCUT2D eigenvalue weighted by atomic mass is 9.84. The summed E-state index contributed by atoms with van der Waals surface area (Å²) in [6.45, 7) is 3.22. The molecule has 0 saturated heterocycles. The number of nitrogens with zero attached hydrogens (tertiary/aromatic N) is 1. The lowest BCUT2D eigenvalue weighted by molar-refractivity contribution is 0.296. The molecule has 0 amide bonds. The van der Waals surface area contributed by atoms with Gasteiger partial charge >= 0.3 is 0 Å². The van der Waals surface area contributed by atoms with E-state index in [0.717, 1.165) is 12.5 Å². The average Bonchev–Trinajstić information content (AvgIpc) is 2.99. The molecule has 0 spiro atoms. The Balaban J connectivity index is 1.45. The largest absolute Gasteiger partial charge is 0.362 e. The first-order valence-corrected chi connectivity index (χ1v) is 9.25. The lowest BCUT2D eigenvalue weighted by Crippen LogP contribution is -2.35. The Morgan fingerprint density at radius 1 is 1.14 bits per heavy atom. The van der Waals surface area contributed by atoms with Crippen LogP contribution in [0.1, 0.15) is 56.3 Å². The van der Waals surface area contributed by atoms with E-state index in [-0.39, 0.29) is 0 Å². The van der Waals surface area contributed by atoms with Crippen molar-refractivity contribution in [1.82, 2.24) is 5.32 Å². The molecule has 1 aliphatic carbocycles. The summed E-state index contributed by atoms with van der Waals surface area (Å²) in [4.78, 5) is 4.71. The second-order valence-electron chi connectivity index (χ2n) is 6.31. The predicted molar refractivity (Wildman–Crippen MR) is 92.9 cm³/mol. The quantitative estimate of drug-likeness (QED) is 0.865. The van der Waals surface area contributed by atoms with Gasteiger partial charge in [0.2, 0.25) is 0 Å². The second-order valence-corrected chi connectivity index (χ2v) is 7.51. The van der Waals surface area contributed by atoms with Gasteiger partial charge in [-0.1, -0.05) is 61.9 Å². The summed E-state index contributed by atoms with van der Waals surface area (Å²) in [7, 11) is 0. The van der Waals surface area contributed by atoms with Gasteiger partial charge in [-0.25, -0.2) is 0 Å². The van der Waals surface area contributed by atoms with Crippen molar-refractivity contribution in [1.29, 1.82) is 0 Å². The van der Waals surface area contributed by atoms with Gasteiger partial charge in [0, 0.05) is 6.04 Å². The minimum Gasteiger partial charge on any atom is -0.362 e. The third-order valence-electron chi connectivity index (χ3n) is 4.70. The monoisotopic (exact) mass is 302 g/mol. The summed E-state index contributed by atoms with van der Waals surface area (Å²) in [5.74, 6) is 0.975. The predicted octanol–water partition coefficient (Wildman–Crippen LogP) is 4.78. The maximum atomic E-state index is 4.71. The van der Waals surface area contributed by atoms with E-state index >= 15 is 0 Å². The van der Waals surface area contributed by atoms with Crippen LogP contribution in [0.15, 0.2) is 35.3 Å². The first-order valence-electron chi connectivity index (χ1n) is 8.37. The summed E-state index contributed by atoms with van der Waals surface area (Å²) in [5, 5.41) is 5.37. The molecule has 1 aromatic rings. The van der Waals surface area contributed by atoms with E-state index < -0.39 is 0 Å². The van der Waals surface area contributed by atoms with Crippen LogP contribution in [0.25, 0.3) is 0 Å². The van der Waals surface area contributed by atoms with Crippen molar-refractivity contribution in [3.05, 3.63) is 35.9 Å². The molecule has 3 heteroatoms. The van der Waals surface area contributed by atoms with Crippen molar-refractivity contribution < 1.29 is 0 Å². The Labute approximate surface area is 132 Å². The van der Waals surface area contributed by atoms with E-state index in [2.05, 4.69) is 42.6 Å². The maximum absolute atomic E-state index is 4.71. The fourth-order valence-corrected chi connectivity index (χ4v) is 4.57. The average molecular weight is 302 g/mol. The van der Waals surface area contributed by atoms with E-state index in [1.165, 1.54) is 49.3 Å². The maximum Gasteiger partial charge on any atom is 0.157 e. The Bertz CT molecular complexity index is 463. The number of thioether (sulfide) groups is 1. The molecular formula is C18H26N2S. The van der Waals surface area contributed by atoms with E-state index in [1.54, 1.807) is 0 Å². The molecule has 0 aromatic heterocycles. The molecule has 3 rings (SSSR count). The molecule has 21 heavy (non-hydrogen) atoms. The molecule has 1 fully saturated rings. The minimum atomic E-state index is 0.505. The zero-order chi connectivity index (χ0) is 14.5. The molecule has 0 radical (unpaired) electrons. The number of rotatable bonds is 4. The van der Waals surface area contributed by atoms with Gasteiger partial charge in [0.15, 0.2) is 5.17 Å². The van der Waals surface area contributed by atoms with Gasteiger partial charge in [-0.05, 0) is 37.2 Å². The molecular weight excluding hydrogens is 276 g/mol. The van der Waals surface area contributed by atoms with Crippen LogP contribution >= 0.6 is 11.8 Å². The van der Waals surface area contributed by atoms with Crippen molar-refractivity contribution in [3.8, 4) is 0 Å². The third kappa shape index (κ3) is 4.03. The number of benzene rings is 1. The third-order valence-corrected chi connectivity index (χ3v) is 5.87. The van der Waals surface area contributed by atoms with Gasteiger partial charge in [-0.2, -0.15) is 0 Å². The number of amidine groups is 1. The molecule has 1 aromatic carbocycles. The number of aliphatic imine (C=N–C) groups is 1. The summed E-state index contributed by atoms with van der Waals surface area (Å²) < 4.78 is 0. The van der Waals surface area contributed by atoms with Gasteiger partial charge in [-0.3, -0.25) is 4.99 Å². The highest BCUT2D eigenvalue weighted by atomic mass is 32.2. The van der Waals surface area contributed by atoms with Crippen molar-refractivity contribution >= 4 is 16.9 Å². The zero-order valence-corrected chi connectivity index (χ0v) is 13.7.